The number of aryl methyl sites for hydroxylation is 1. The van der Waals surface area contributed by atoms with Gasteiger partial charge in [0.1, 0.15) is 5.60 Å². The fraction of sp³-hybridized carbons (Fsp3) is 0.615. The Bertz CT molecular complexity index is 487. The van der Waals surface area contributed by atoms with Gasteiger partial charge in [0.15, 0.2) is 17.3 Å². The van der Waals surface area contributed by atoms with Gasteiger partial charge < -0.3 is 19.2 Å². The zero-order valence-electron chi connectivity index (χ0n) is 12.4. The molecule has 1 rings (SSSR count). The van der Waals surface area contributed by atoms with Crippen molar-refractivity contribution < 1.29 is 23.5 Å². The first kappa shape index (κ1) is 16.0. The van der Waals surface area contributed by atoms with Gasteiger partial charge >= 0.3 is 12.1 Å². The second-order valence-electron chi connectivity index (χ2n) is 5.08. The summed E-state index contributed by atoms with van der Waals surface area (Å²) in [6.45, 7) is 8.83. The lowest BCUT2D eigenvalue weighted by molar-refractivity contribution is 0.0494. The minimum absolute atomic E-state index is 0.00387. The number of amides is 1. The lowest BCUT2D eigenvalue weighted by atomic mass is 10.2. The average molecular weight is 284 g/mol. The predicted molar refractivity (Wildman–Crippen MR) is 70.3 cm³/mol. The zero-order valence-corrected chi connectivity index (χ0v) is 12.4. The number of rotatable bonds is 4. The van der Waals surface area contributed by atoms with E-state index in [2.05, 4.69) is 10.3 Å². The van der Waals surface area contributed by atoms with Crippen molar-refractivity contribution in [2.75, 3.05) is 6.61 Å². The molecule has 0 aliphatic rings. The van der Waals surface area contributed by atoms with Crippen LogP contribution in [-0.4, -0.2) is 29.3 Å². The highest BCUT2D eigenvalue weighted by Crippen LogP contribution is 2.13. The molecule has 7 nitrogen and oxygen atoms in total. The van der Waals surface area contributed by atoms with E-state index < -0.39 is 17.7 Å². The molecule has 1 N–H and O–H groups in total. The number of hydrogen-bond donors (Lipinski definition) is 1. The number of carbonyl (C=O) groups is 2. The quantitative estimate of drug-likeness (QED) is 0.852. The van der Waals surface area contributed by atoms with Crippen molar-refractivity contribution >= 4 is 12.1 Å². The van der Waals surface area contributed by atoms with Gasteiger partial charge in [-0.3, -0.25) is 0 Å². The first-order valence-electron chi connectivity index (χ1n) is 6.33. The van der Waals surface area contributed by atoms with Gasteiger partial charge in [0.05, 0.1) is 13.2 Å². The summed E-state index contributed by atoms with van der Waals surface area (Å²) in [5, 5.41) is 2.50. The molecule has 0 fully saturated rings. The number of oxazole rings is 1. The van der Waals surface area contributed by atoms with Crippen LogP contribution in [-0.2, 0) is 16.0 Å². The summed E-state index contributed by atoms with van der Waals surface area (Å²) in [6.07, 6.45) is -0.596. The number of ether oxygens (including phenoxy) is 2. The Morgan fingerprint density at radius 1 is 1.35 bits per heavy atom. The second kappa shape index (κ2) is 6.40. The van der Waals surface area contributed by atoms with Gasteiger partial charge in [0.2, 0.25) is 0 Å². The third-order valence-corrected chi connectivity index (χ3v) is 2.07. The normalized spacial score (nSPS) is 11.1. The Kier molecular flexibility index (Phi) is 5.12. The molecule has 7 heteroatoms. The molecule has 0 atom stereocenters. The summed E-state index contributed by atoms with van der Waals surface area (Å²) in [6, 6.07) is 0. The summed E-state index contributed by atoms with van der Waals surface area (Å²) in [5.41, 5.74) is -0.522. The van der Waals surface area contributed by atoms with Crippen LogP contribution in [0.1, 0.15) is 49.8 Å². The first-order chi connectivity index (χ1) is 9.23. The van der Waals surface area contributed by atoms with Crippen LogP contribution in [0.2, 0.25) is 0 Å². The van der Waals surface area contributed by atoms with Gasteiger partial charge in [-0.25, -0.2) is 14.6 Å². The van der Waals surface area contributed by atoms with E-state index in [1.54, 1.807) is 34.6 Å². The maximum atomic E-state index is 11.7. The summed E-state index contributed by atoms with van der Waals surface area (Å²) >= 11 is 0. The summed E-state index contributed by atoms with van der Waals surface area (Å²) < 4.78 is 15.2. The Labute approximate surface area is 117 Å². The SMILES string of the molecule is CCOC(=O)c1nc(C)oc1CNC(=O)OC(C)(C)C. The van der Waals surface area contributed by atoms with E-state index in [4.69, 9.17) is 13.9 Å². The highest BCUT2D eigenvalue weighted by molar-refractivity contribution is 5.88. The molecular weight excluding hydrogens is 264 g/mol. The maximum Gasteiger partial charge on any atom is 0.408 e. The predicted octanol–water partition coefficient (Wildman–Crippen LogP) is 2.18. The van der Waals surface area contributed by atoms with Gasteiger partial charge in [-0.05, 0) is 27.7 Å². The summed E-state index contributed by atoms with van der Waals surface area (Å²) in [5.74, 6) is -0.00816. The maximum absolute atomic E-state index is 11.7. The van der Waals surface area contributed by atoms with Crippen molar-refractivity contribution in [3.63, 3.8) is 0 Å². The van der Waals surface area contributed by atoms with Gasteiger partial charge in [-0.15, -0.1) is 0 Å². The topological polar surface area (TPSA) is 90.7 Å². The van der Waals surface area contributed by atoms with Crippen molar-refractivity contribution in [3.05, 3.63) is 17.3 Å². The van der Waals surface area contributed by atoms with E-state index in [1.807, 2.05) is 0 Å². The van der Waals surface area contributed by atoms with Crippen LogP contribution < -0.4 is 5.32 Å². The fourth-order valence-corrected chi connectivity index (χ4v) is 1.41. The molecule has 0 aliphatic heterocycles. The van der Waals surface area contributed by atoms with E-state index in [9.17, 15) is 9.59 Å². The van der Waals surface area contributed by atoms with Gasteiger partial charge in [0.25, 0.3) is 0 Å². The van der Waals surface area contributed by atoms with Crippen molar-refractivity contribution in [2.45, 2.75) is 46.8 Å². The van der Waals surface area contributed by atoms with Crippen LogP contribution in [0.5, 0.6) is 0 Å². The fourth-order valence-electron chi connectivity index (χ4n) is 1.41. The Morgan fingerprint density at radius 2 is 2.00 bits per heavy atom. The number of alkyl carbamates (subject to hydrolysis) is 1. The molecule has 1 amide bonds. The Morgan fingerprint density at radius 3 is 2.55 bits per heavy atom. The molecule has 112 valence electrons. The molecule has 1 aromatic heterocycles. The van der Waals surface area contributed by atoms with E-state index in [0.717, 1.165) is 0 Å². The number of aromatic nitrogens is 1. The van der Waals surface area contributed by atoms with Crippen LogP contribution >= 0.6 is 0 Å². The molecule has 0 saturated carbocycles. The van der Waals surface area contributed by atoms with Crippen molar-refractivity contribution in [1.82, 2.24) is 10.3 Å². The lowest BCUT2D eigenvalue weighted by Gasteiger charge is -2.19. The number of hydrogen-bond acceptors (Lipinski definition) is 6. The molecular formula is C13H20N2O5. The van der Waals surface area contributed by atoms with Crippen LogP contribution in [0.25, 0.3) is 0 Å². The molecule has 0 unspecified atom stereocenters. The number of nitrogens with zero attached hydrogens (tertiary/aromatic N) is 1. The molecule has 0 aliphatic carbocycles. The van der Waals surface area contributed by atoms with Crippen molar-refractivity contribution in [1.29, 1.82) is 0 Å². The van der Waals surface area contributed by atoms with Crippen molar-refractivity contribution in [3.8, 4) is 0 Å². The molecule has 0 spiro atoms. The van der Waals surface area contributed by atoms with E-state index in [-0.39, 0.29) is 24.6 Å². The van der Waals surface area contributed by atoms with E-state index >= 15 is 0 Å². The van der Waals surface area contributed by atoms with Crippen LogP contribution in [0.15, 0.2) is 4.42 Å². The lowest BCUT2D eigenvalue weighted by Crippen LogP contribution is -2.32. The number of carbonyl (C=O) groups excluding carboxylic acids is 2. The van der Waals surface area contributed by atoms with Gasteiger partial charge in [-0.1, -0.05) is 0 Å². The largest absolute Gasteiger partial charge is 0.461 e. The summed E-state index contributed by atoms with van der Waals surface area (Å²) in [7, 11) is 0. The smallest absolute Gasteiger partial charge is 0.408 e. The molecule has 0 radical (unpaired) electrons. The third-order valence-electron chi connectivity index (χ3n) is 2.07. The monoisotopic (exact) mass is 284 g/mol. The molecule has 0 bridgehead atoms. The zero-order chi connectivity index (χ0) is 15.3. The van der Waals surface area contributed by atoms with Crippen LogP contribution in [0.4, 0.5) is 4.79 Å². The van der Waals surface area contributed by atoms with Crippen LogP contribution in [0, 0.1) is 6.92 Å². The molecule has 1 aromatic rings. The van der Waals surface area contributed by atoms with Gasteiger partial charge in [0, 0.05) is 6.92 Å². The number of nitrogens with one attached hydrogen (secondary N) is 1. The third kappa shape index (κ3) is 4.91. The second-order valence-corrected chi connectivity index (χ2v) is 5.08. The summed E-state index contributed by atoms with van der Waals surface area (Å²) in [4.78, 5) is 27.1. The Hall–Kier alpha value is -2.05. The van der Waals surface area contributed by atoms with Gasteiger partial charge in [-0.2, -0.15) is 0 Å². The minimum atomic E-state index is -0.596. The standard InChI is InChI=1S/C13H20N2O5/c1-6-18-11(16)10-9(19-8(2)15-10)7-14-12(17)20-13(3,4)5/h6-7H2,1-5H3,(H,14,17). The van der Waals surface area contributed by atoms with Crippen LogP contribution in [0.3, 0.4) is 0 Å². The Balaban J connectivity index is 2.68. The minimum Gasteiger partial charge on any atom is -0.461 e. The first-order valence-corrected chi connectivity index (χ1v) is 6.33. The molecule has 20 heavy (non-hydrogen) atoms. The average Bonchev–Trinajstić information content (AvgIpc) is 2.66. The number of esters is 1. The van der Waals surface area contributed by atoms with E-state index in [0.29, 0.717) is 5.89 Å². The molecule has 0 aromatic carbocycles. The van der Waals surface area contributed by atoms with E-state index in [1.165, 1.54) is 0 Å². The molecule has 0 saturated heterocycles. The highest BCUT2D eigenvalue weighted by Gasteiger charge is 2.21. The highest BCUT2D eigenvalue weighted by atomic mass is 16.6. The van der Waals surface area contributed by atoms with Crippen molar-refractivity contribution in [2.24, 2.45) is 0 Å². The molecule has 1 heterocycles.